The molecule has 3 nitrogen and oxygen atoms in total. The van der Waals surface area contributed by atoms with Gasteiger partial charge in [-0.25, -0.2) is 0 Å². The predicted molar refractivity (Wildman–Crippen MR) is 90.3 cm³/mol. The van der Waals surface area contributed by atoms with Crippen LogP contribution in [-0.2, 0) is 6.42 Å². The van der Waals surface area contributed by atoms with E-state index < -0.39 is 0 Å². The molecule has 0 fully saturated rings. The maximum Gasteiger partial charge on any atom is 0.165 e. The van der Waals surface area contributed by atoms with Crippen LogP contribution in [0.2, 0.25) is 0 Å². The van der Waals surface area contributed by atoms with E-state index >= 15 is 0 Å². The zero-order valence-electron chi connectivity index (χ0n) is 13.2. The van der Waals surface area contributed by atoms with E-state index in [9.17, 15) is 4.79 Å². The van der Waals surface area contributed by atoms with Crippen molar-refractivity contribution < 1.29 is 4.79 Å². The summed E-state index contributed by atoms with van der Waals surface area (Å²) in [5, 5.41) is 3.41. The lowest BCUT2D eigenvalue weighted by Gasteiger charge is -2.25. The van der Waals surface area contributed by atoms with Crippen molar-refractivity contribution in [2.24, 2.45) is 5.92 Å². The lowest BCUT2D eigenvalue weighted by molar-refractivity contribution is 0.0954. The molecule has 1 aliphatic carbocycles. The van der Waals surface area contributed by atoms with Crippen LogP contribution in [0.15, 0.2) is 36.5 Å². The molecule has 22 heavy (non-hydrogen) atoms. The van der Waals surface area contributed by atoms with Crippen LogP contribution in [0.4, 0.5) is 5.69 Å². The highest BCUT2D eigenvalue weighted by molar-refractivity contribution is 6.05. The van der Waals surface area contributed by atoms with Crippen molar-refractivity contribution in [2.75, 3.05) is 11.9 Å². The Hall–Kier alpha value is -2.16. The number of rotatable bonds is 4. The lowest BCUT2D eigenvalue weighted by atomic mass is 9.80. The van der Waals surface area contributed by atoms with Crippen molar-refractivity contribution in [1.82, 2.24) is 4.98 Å². The average molecular weight is 294 g/mol. The molecular weight excluding hydrogens is 272 g/mol. The Morgan fingerprint density at radius 3 is 2.82 bits per heavy atom. The molecule has 3 heteroatoms. The normalized spacial score (nSPS) is 17.2. The largest absolute Gasteiger partial charge is 0.384 e. The van der Waals surface area contributed by atoms with Crippen molar-refractivity contribution >= 4 is 11.5 Å². The van der Waals surface area contributed by atoms with Gasteiger partial charge in [0.05, 0.1) is 5.69 Å². The molecule has 0 aliphatic heterocycles. The van der Waals surface area contributed by atoms with Crippen LogP contribution in [0.25, 0.3) is 11.3 Å². The number of nitrogens with one attached hydrogen (secondary N) is 1. The number of hydrogen-bond donors (Lipinski definition) is 1. The summed E-state index contributed by atoms with van der Waals surface area (Å²) in [6.07, 6.45) is 4.43. The number of ketones is 1. The van der Waals surface area contributed by atoms with E-state index in [2.05, 4.69) is 30.2 Å². The molecule has 1 unspecified atom stereocenters. The third kappa shape index (κ3) is 2.76. The molecule has 1 aromatic heterocycles. The summed E-state index contributed by atoms with van der Waals surface area (Å²) in [7, 11) is 0. The van der Waals surface area contributed by atoms with Crippen molar-refractivity contribution in [3.8, 4) is 11.3 Å². The molecule has 1 aliphatic rings. The number of pyridine rings is 1. The van der Waals surface area contributed by atoms with E-state index in [4.69, 9.17) is 0 Å². The monoisotopic (exact) mass is 294 g/mol. The lowest BCUT2D eigenvalue weighted by Crippen LogP contribution is -2.21. The van der Waals surface area contributed by atoms with Gasteiger partial charge in [-0.3, -0.25) is 9.78 Å². The van der Waals surface area contributed by atoms with Crippen molar-refractivity contribution in [1.29, 1.82) is 0 Å². The van der Waals surface area contributed by atoms with Gasteiger partial charge in [0.15, 0.2) is 5.78 Å². The predicted octanol–water partition coefficient (Wildman–Crippen LogP) is 4.34. The number of carbonyl (C=O) groups excluding carboxylic acids is 1. The molecule has 0 amide bonds. The fourth-order valence-corrected chi connectivity index (χ4v) is 3.19. The van der Waals surface area contributed by atoms with Crippen LogP contribution in [0.5, 0.6) is 0 Å². The van der Waals surface area contributed by atoms with Crippen molar-refractivity contribution in [3.05, 3.63) is 47.7 Å². The summed E-state index contributed by atoms with van der Waals surface area (Å²) in [5.41, 5.74) is 5.06. The van der Waals surface area contributed by atoms with Crippen LogP contribution in [0.1, 0.15) is 42.6 Å². The van der Waals surface area contributed by atoms with E-state index in [-0.39, 0.29) is 5.78 Å². The second kappa shape index (κ2) is 6.30. The number of hydrogen-bond acceptors (Lipinski definition) is 3. The van der Waals surface area contributed by atoms with Crippen LogP contribution >= 0.6 is 0 Å². The van der Waals surface area contributed by atoms with Gasteiger partial charge in [0, 0.05) is 36.0 Å². The van der Waals surface area contributed by atoms with E-state index in [0.717, 1.165) is 47.5 Å². The molecule has 1 aromatic carbocycles. The van der Waals surface area contributed by atoms with Gasteiger partial charge in [-0.05, 0) is 42.5 Å². The fourth-order valence-electron chi connectivity index (χ4n) is 3.19. The number of aromatic nitrogens is 1. The van der Waals surface area contributed by atoms with Crippen LogP contribution in [0.3, 0.4) is 0 Å². The van der Waals surface area contributed by atoms with Crippen LogP contribution < -0.4 is 5.32 Å². The number of carbonyl (C=O) groups is 1. The number of benzene rings is 1. The Morgan fingerprint density at radius 2 is 2.09 bits per heavy atom. The number of anilines is 1. The number of nitrogens with zero attached hydrogens (tertiary/aromatic N) is 1. The Morgan fingerprint density at radius 1 is 1.23 bits per heavy atom. The number of Topliss-reactive ketones (excluding diaryl/α,β-unsaturated/α-hetero) is 1. The molecule has 114 valence electrons. The number of fused-ring (bicyclic) bond motifs is 1. The zero-order chi connectivity index (χ0) is 15.5. The Kier molecular flexibility index (Phi) is 4.23. The van der Waals surface area contributed by atoms with Crippen LogP contribution in [-0.4, -0.2) is 17.3 Å². The van der Waals surface area contributed by atoms with Gasteiger partial charge in [-0.2, -0.15) is 0 Å². The van der Waals surface area contributed by atoms with Crippen LogP contribution in [0, 0.1) is 5.92 Å². The highest BCUT2D eigenvalue weighted by atomic mass is 16.1. The SMILES string of the molecule is CCCNc1ccc(-c2ccccn2)c2c1C(=O)CC(C)C2. The Labute approximate surface area is 131 Å². The topological polar surface area (TPSA) is 42.0 Å². The summed E-state index contributed by atoms with van der Waals surface area (Å²) in [4.78, 5) is 17.1. The molecule has 0 saturated carbocycles. The van der Waals surface area contributed by atoms with Gasteiger partial charge < -0.3 is 5.32 Å². The molecule has 0 saturated heterocycles. The molecule has 0 radical (unpaired) electrons. The molecular formula is C19H22N2O. The second-order valence-corrected chi connectivity index (χ2v) is 6.09. The fraction of sp³-hybridized carbons (Fsp3) is 0.368. The maximum absolute atomic E-state index is 12.6. The first-order valence-electron chi connectivity index (χ1n) is 8.05. The Bertz CT molecular complexity index is 679. The first-order chi connectivity index (χ1) is 10.7. The average Bonchev–Trinajstić information content (AvgIpc) is 2.53. The quantitative estimate of drug-likeness (QED) is 0.912. The van der Waals surface area contributed by atoms with E-state index in [0.29, 0.717) is 12.3 Å². The molecule has 0 bridgehead atoms. The van der Waals surface area contributed by atoms with E-state index in [1.165, 1.54) is 0 Å². The summed E-state index contributed by atoms with van der Waals surface area (Å²) >= 11 is 0. The highest BCUT2D eigenvalue weighted by Gasteiger charge is 2.27. The second-order valence-electron chi connectivity index (χ2n) is 6.09. The molecule has 1 heterocycles. The van der Waals surface area contributed by atoms with Gasteiger partial charge in [-0.15, -0.1) is 0 Å². The minimum Gasteiger partial charge on any atom is -0.384 e. The highest BCUT2D eigenvalue weighted by Crippen LogP contribution is 2.37. The van der Waals surface area contributed by atoms with Gasteiger partial charge >= 0.3 is 0 Å². The first-order valence-corrected chi connectivity index (χ1v) is 8.05. The summed E-state index contributed by atoms with van der Waals surface area (Å²) in [5.74, 6) is 0.647. The minimum atomic E-state index is 0.255. The third-order valence-corrected chi connectivity index (χ3v) is 4.18. The van der Waals surface area contributed by atoms with E-state index in [1.807, 2.05) is 24.3 Å². The Balaban J connectivity index is 2.14. The summed E-state index contributed by atoms with van der Waals surface area (Å²) in [6, 6.07) is 10.1. The summed E-state index contributed by atoms with van der Waals surface area (Å²) in [6.45, 7) is 5.17. The molecule has 1 atom stereocenters. The van der Waals surface area contributed by atoms with Crippen molar-refractivity contribution in [2.45, 2.75) is 33.1 Å². The first kappa shape index (κ1) is 14.8. The van der Waals surface area contributed by atoms with Gasteiger partial charge in [0.1, 0.15) is 0 Å². The smallest absolute Gasteiger partial charge is 0.165 e. The third-order valence-electron chi connectivity index (χ3n) is 4.18. The molecule has 3 rings (SSSR count). The van der Waals surface area contributed by atoms with Gasteiger partial charge in [0.2, 0.25) is 0 Å². The molecule has 0 spiro atoms. The van der Waals surface area contributed by atoms with Gasteiger partial charge in [0.25, 0.3) is 0 Å². The van der Waals surface area contributed by atoms with E-state index in [1.54, 1.807) is 6.20 Å². The standard InChI is InChI=1S/C19H22N2O/c1-3-9-20-17-8-7-14(16-6-4-5-10-21-16)15-11-13(2)12-18(22)19(15)17/h4-8,10,13,20H,3,9,11-12H2,1-2H3. The van der Waals surface area contributed by atoms with Crippen molar-refractivity contribution in [3.63, 3.8) is 0 Å². The zero-order valence-corrected chi connectivity index (χ0v) is 13.2. The minimum absolute atomic E-state index is 0.255. The summed E-state index contributed by atoms with van der Waals surface area (Å²) < 4.78 is 0. The van der Waals surface area contributed by atoms with Gasteiger partial charge in [-0.1, -0.05) is 26.0 Å². The maximum atomic E-state index is 12.6. The molecule has 2 aromatic rings. The molecule has 1 N–H and O–H groups in total.